The van der Waals surface area contributed by atoms with E-state index in [0.717, 1.165) is 31.2 Å². The molecule has 0 heterocycles. The maximum Gasteiger partial charge on any atom is 0.307 e. The summed E-state index contributed by atoms with van der Waals surface area (Å²) in [7, 11) is 0. The highest BCUT2D eigenvalue weighted by molar-refractivity contribution is 5.86. The van der Waals surface area contributed by atoms with Crippen molar-refractivity contribution in [1.82, 2.24) is 0 Å². The average Bonchev–Trinajstić information content (AvgIpc) is 3.12. The number of hydrogen-bond donors (Lipinski definition) is 1. The minimum atomic E-state index is -0.783. The van der Waals surface area contributed by atoms with E-state index in [1.807, 2.05) is 0 Å². The molecule has 0 bridgehead atoms. The van der Waals surface area contributed by atoms with Crippen molar-refractivity contribution in [1.29, 1.82) is 0 Å². The Balaban J connectivity index is 1.84. The summed E-state index contributed by atoms with van der Waals surface area (Å²) in [6, 6.07) is 34.3. The van der Waals surface area contributed by atoms with Gasteiger partial charge in [0.15, 0.2) is 0 Å². The van der Waals surface area contributed by atoms with Crippen LogP contribution in [0.15, 0.2) is 97.1 Å². The summed E-state index contributed by atoms with van der Waals surface area (Å²) >= 11 is 0. The predicted molar refractivity (Wildman–Crippen MR) is 138 cm³/mol. The molecule has 0 amide bonds. The number of carboxylic acids is 1. The fourth-order valence-corrected chi connectivity index (χ4v) is 5.90. The Morgan fingerprint density at radius 2 is 1.29 bits per heavy atom. The quantitative estimate of drug-likeness (QED) is 0.316. The van der Waals surface area contributed by atoms with E-state index >= 15 is 0 Å². The molecule has 1 N–H and O–H groups in total. The molecule has 0 atom stereocenters. The van der Waals surface area contributed by atoms with Crippen LogP contribution in [0.1, 0.15) is 46.7 Å². The molecule has 4 aromatic carbocycles. The minimum absolute atomic E-state index is 0.0358. The summed E-state index contributed by atoms with van der Waals surface area (Å²) in [6.07, 6.45) is 3.73. The van der Waals surface area contributed by atoms with Gasteiger partial charge < -0.3 is 5.11 Å². The summed E-state index contributed by atoms with van der Waals surface area (Å²) in [5, 5.41) is 9.84. The third-order valence-electron chi connectivity index (χ3n) is 7.13. The lowest BCUT2D eigenvalue weighted by molar-refractivity contribution is -0.136. The van der Waals surface area contributed by atoms with Crippen molar-refractivity contribution in [3.05, 3.63) is 130 Å². The lowest BCUT2D eigenvalue weighted by Gasteiger charge is -2.34. The Kier molecular flexibility index (Phi) is 6.06. The fourth-order valence-electron chi connectivity index (χ4n) is 5.90. The van der Waals surface area contributed by atoms with Gasteiger partial charge in [0.25, 0.3) is 0 Å². The van der Waals surface area contributed by atoms with Crippen LogP contribution < -0.4 is 0 Å². The largest absolute Gasteiger partial charge is 0.481 e. The summed E-state index contributed by atoms with van der Waals surface area (Å²) in [6.45, 7) is 2.21. The van der Waals surface area contributed by atoms with Gasteiger partial charge in [-0.3, -0.25) is 4.79 Å². The minimum Gasteiger partial charge on any atom is -0.481 e. The van der Waals surface area contributed by atoms with E-state index in [-0.39, 0.29) is 11.8 Å². The lowest BCUT2D eigenvalue weighted by atomic mass is 9.68. The van der Waals surface area contributed by atoms with Crippen LogP contribution in [0.2, 0.25) is 0 Å². The van der Waals surface area contributed by atoms with Gasteiger partial charge in [-0.2, -0.15) is 0 Å². The van der Waals surface area contributed by atoms with Crippen LogP contribution in [0.5, 0.6) is 0 Å². The van der Waals surface area contributed by atoms with Gasteiger partial charge in [0.2, 0.25) is 0 Å². The van der Waals surface area contributed by atoms with Crippen LogP contribution in [-0.2, 0) is 35.9 Å². The van der Waals surface area contributed by atoms with Gasteiger partial charge >= 0.3 is 5.97 Å². The molecular formula is C32H30O2. The topological polar surface area (TPSA) is 37.3 Å². The molecule has 0 saturated heterocycles. The van der Waals surface area contributed by atoms with Crippen LogP contribution >= 0.6 is 0 Å². The standard InChI is InChI=1S/C32H30O2/c1-2-11-25-18-19-26(20-29(33)34)31-30(25)27-16-9-10-17-28(27)32(31,21-23-12-5-3-6-13-23)22-24-14-7-4-8-15-24/h3-10,12-19H,2,11,20-22H2,1H3,(H,33,34). The van der Waals surface area contributed by atoms with E-state index in [4.69, 9.17) is 0 Å². The first kappa shape index (κ1) is 22.2. The van der Waals surface area contributed by atoms with Crippen molar-refractivity contribution in [2.24, 2.45) is 0 Å². The molecule has 0 aliphatic heterocycles. The van der Waals surface area contributed by atoms with Gasteiger partial charge in [-0.25, -0.2) is 0 Å². The van der Waals surface area contributed by atoms with Crippen molar-refractivity contribution >= 4 is 5.97 Å². The third-order valence-corrected chi connectivity index (χ3v) is 7.13. The van der Waals surface area contributed by atoms with E-state index < -0.39 is 5.97 Å². The average molecular weight is 447 g/mol. The highest BCUT2D eigenvalue weighted by Crippen LogP contribution is 2.55. The summed E-state index contributed by atoms with van der Waals surface area (Å²) in [4.78, 5) is 12.0. The maximum absolute atomic E-state index is 12.0. The van der Waals surface area contributed by atoms with Crippen molar-refractivity contribution < 1.29 is 9.90 Å². The second kappa shape index (κ2) is 9.30. The monoisotopic (exact) mass is 446 g/mol. The Morgan fingerprint density at radius 3 is 1.88 bits per heavy atom. The van der Waals surface area contributed by atoms with E-state index in [1.54, 1.807) is 0 Å². The second-order valence-electron chi connectivity index (χ2n) is 9.41. The van der Waals surface area contributed by atoms with Crippen LogP contribution in [0, 0.1) is 0 Å². The van der Waals surface area contributed by atoms with Gasteiger partial charge in [0.05, 0.1) is 6.42 Å². The smallest absolute Gasteiger partial charge is 0.307 e. The van der Waals surface area contributed by atoms with E-state index in [9.17, 15) is 9.90 Å². The zero-order valence-electron chi connectivity index (χ0n) is 19.6. The third kappa shape index (κ3) is 3.94. The molecule has 0 fully saturated rings. The highest BCUT2D eigenvalue weighted by atomic mass is 16.4. The molecule has 4 aromatic rings. The van der Waals surface area contributed by atoms with Gasteiger partial charge in [-0.05, 0) is 63.8 Å². The number of aryl methyl sites for hydroxylation is 1. The van der Waals surface area contributed by atoms with Crippen molar-refractivity contribution in [2.75, 3.05) is 0 Å². The molecular weight excluding hydrogens is 416 g/mol. The maximum atomic E-state index is 12.0. The number of aliphatic carboxylic acids is 1. The van der Waals surface area contributed by atoms with Crippen molar-refractivity contribution in [3.63, 3.8) is 0 Å². The number of fused-ring (bicyclic) bond motifs is 3. The molecule has 5 rings (SSSR count). The van der Waals surface area contributed by atoms with Crippen LogP contribution in [0.4, 0.5) is 0 Å². The van der Waals surface area contributed by atoms with Crippen LogP contribution in [0.3, 0.4) is 0 Å². The molecule has 34 heavy (non-hydrogen) atoms. The normalized spacial score (nSPS) is 13.3. The molecule has 1 aliphatic carbocycles. The molecule has 0 spiro atoms. The number of hydrogen-bond acceptors (Lipinski definition) is 1. The first-order valence-electron chi connectivity index (χ1n) is 12.2. The second-order valence-corrected chi connectivity index (χ2v) is 9.41. The molecule has 0 unspecified atom stereocenters. The first-order chi connectivity index (χ1) is 16.6. The zero-order chi connectivity index (χ0) is 23.5. The lowest BCUT2D eigenvalue weighted by Crippen LogP contribution is -2.32. The Morgan fingerprint density at radius 1 is 0.735 bits per heavy atom. The zero-order valence-corrected chi connectivity index (χ0v) is 19.6. The number of carboxylic acid groups (broad SMARTS) is 1. The van der Waals surface area contributed by atoms with E-state index in [0.29, 0.717) is 0 Å². The van der Waals surface area contributed by atoms with Gasteiger partial charge in [-0.1, -0.05) is 110 Å². The SMILES string of the molecule is CCCc1ccc(CC(=O)O)c2c1-c1ccccc1C2(Cc1ccccc1)Cc1ccccc1. The molecule has 170 valence electrons. The molecule has 1 aliphatic rings. The van der Waals surface area contributed by atoms with Gasteiger partial charge in [0.1, 0.15) is 0 Å². The number of rotatable bonds is 8. The summed E-state index contributed by atoms with van der Waals surface area (Å²) < 4.78 is 0. The highest BCUT2D eigenvalue weighted by Gasteiger charge is 2.45. The predicted octanol–water partition coefficient (Wildman–Crippen LogP) is 7.02. The molecule has 0 saturated carbocycles. The number of carbonyl (C=O) groups is 1. The first-order valence-corrected chi connectivity index (χ1v) is 12.2. The molecule has 0 aromatic heterocycles. The molecule has 2 heteroatoms. The number of benzene rings is 4. The van der Waals surface area contributed by atoms with Gasteiger partial charge in [-0.15, -0.1) is 0 Å². The Labute approximate surface area is 201 Å². The Bertz CT molecular complexity index is 1260. The summed E-state index contributed by atoms with van der Waals surface area (Å²) in [5.41, 5.74) is 9.52. The van der Waals surface area contributed by atoms with Crippen molar-refractivity contribution in [2.45, 2.75) is 44.4 Å². The van der Waals surface area contributed by atoms with E-state index in [2.05, 4.69) is 104 Å². The van der Waals surface area contributed by atoms with Crippen LogP contribution in [-0.4, -0.2) is 11.1 Å². The Hall–Kier alpha value is -3.65. The van der Waals surface area contributed by atoms with Crippen LogP contribution in [0.25, 0.3) is 11.1 Å². The molecule has 2 nitrogen and oxygen atoms in total. The van der Waals surface area contributed by atoms with Crippen molar-refractivity contribution in [3.8, 4) is 11.1 Å². The van der Waals surface area contributed by atoms with Gasteiger partial charge in [0, 0.05) is 5.41 Å². The fraction of sp³-hybridized carbons (Fsp3) is 0.219. The van der Waals surface area contributed by atoms with E-state index in [1.165, 1.54) is 38.9 Å². The molecule has 0 radical (unpaired) electrons. The summed E-state index contributed by atoms with van der Waals surface area (Å²) in [5.74, 6) is -0.783.